The highest BCUT2D eigenvalue weighted by atomic mass is 15.5. The minimum absolute atomic E-state index is 0.690. The van der Waals surface area contributed by atoms with E-state index in [1.165, 1.54) is 0 Å². The van der Waals surface area contributed by atoms with Gasteiger partial charge in [-0.1, -0.05) is 13.8 Å². The van der Waals surface area contributed by atoms with Crippen LogP contribution in [0.25, 0.3) is 0 Å². The first-order valence-corrected chi connectivity index (χ1v) is 4.82. The van der Waals surface area contributed by atoms with Crippen LogP contribution >= 0.6 is 0 Å². The largest absolute Gasteiger partial charge is 0.319 e. The normalized spacial score (nSPS) is 9.86. The number of hydrogen-bond donors (Lipinski definition) is 1. The second kappa shape index (κ2) is 5.25. The van der Waals surface area contributed by atoms with Gasteiger partial charge in [-0.25, -0.2) is 5.01 Å². The van der Waals surface area contributed by atoms with E-state index in [0.29, 0.717) is 5.56 Å². The molecule has 1 aromatic carbocycles. The lowest BCUT2D eigenvalue weighted by molar-refractivity contribution is 0.367. The van der Waals surface area contributed by atoms with Gasteiger partial charge in [0, 0.05) is 18.8 Å². The number of nitriles is 1. The zero-order valence-electron chi connectivity index (χ0n) is 8.62. The maximum atomic E-state index is 8.62. The third kappa shape index (κ3) is 2.75. The first-order chi connectivity index (χ1) is 6.80. The molecule has 0 spiro atoms. The van der Waals surface area contributed by atoms with Crippen LogP contribution in [0.15, 0.2) is 24.3 Å². The van der Waals surface area contributed by atoms with Gasteiger partial charge >= 0.3 is 0 Å². The van der Waals surface area contributed by atoms with Crippen molar-refractivity contribution in [3.8, 4) is 6.07 Å². The maximum absolute atomic E-state index is 8.62. The van der Waals surface area contributed by atoms with E-state index in [-0.39, 0.29) is 0 Å². The lowest BCUT2D eigenvalue weighted by Gasteiger charge is -2.20. The van der Waals surface area contributed by atoms with Crippen molar-refractivity contribution in [1.29, 1.82) is 5.26 Å². The molecule has 0 bridgehead atoms. The zero-order valence-corrected chi connectivity index (χ0v) is 8.62. The summed E-state index contributed by atoms with van der Waals surface area (Å²) in [6.07, 6.45) is 0. The molecule has 0 saturated heterocycles. The van der Waals surface area contributed by atoms with Gasteiger partial charge in [-0.15, -0.1) is 0 Å². The van der Waals surface area contributed by atoms with Crippen LogP contribution in [0.5, 0.6) is 0 Å². The fourth-order valence-corrected chi connectivity index (χ4v) is 1.18. The van der Waals surface area contributed by atoms with E-state index < -0.39 is 0 Å². The molecule has 74 valence electrons. The molecule has 1 rings (SSSR count). The van der Waals surface area contributed by atoms with Crippen molar-refractivity contribution in [3.63, 3.8) is 0 Å². The monoisotopic (exact) mass is 189 g/mol. The van der Waals surface area contributed by atoms with Gasteiger partial charge in [0.25, 0.3) is 0 Å². The first kappa shape index (κ1) is 10.6. The van der Waals surface area contributed by atoms with E-state index in [1.54, 1.807) is 0 Å². The molecule has 0 fully saturated rings. The van der Waals surface area contributed by atoms with Gasteiger partial charge < -0.3 is 5.43 Å². The van der Waals surface area contributed by atoms with Crippen molar-refractivity contribution < 1.29 is 0 Å². The summed E-state index contributed by atoms with van der Waals surface area (Å²) in [5.41, 5.74) is 4.96. The Balaban J connectivity index is 2.64. The van der Waals surface area contributed by atoms with Crippen LogP contribution in [-0.4, -0.2) is 18.1 Å². The van der Waals surface area contributed by atoms with Gasteiger partial charge in [0.05, 0.1) is 11.6 Å². The van der Waals surface area contributed by atoms with E-state index in [2.05, 4.69) is 30.4 Å². The minimum atomic E-state index is 0.690. The van der Waals surface area contributed by atoms with E-state index in [1.807, 2.05) is 24.3 Å². The Morgan fingerprint density at radius 1 is 1.21 bits per heavy atom. The molecule has 0 atom stereocenters. The van der Waals surface area contributed by atoms with Crippen molar-refractivity contribution >= 4 is 5.69 Å². The van der Waals surface area contributed by atoms with E-state index in [0.717, 1.165) is 18.8 Å². The van der Waals surface area contributed by atoms with Crippen molar-refractivity contribution in [1.82, 2.24) is 5.01 Å². The summed E-state index contributed by atoms with van der Waals surface area (Å²) >= 11 is 0. The van der Waals surface area contributed by atoms with Gasteiger partial charge in [0.1, 0.15) is 0 Å². The molecule has 0 aliphatic rings. The second-order valence-corrected chi connectivity index (χ2v) is 2.97. The molecule has 0 aliphatic carbocycles. The number of rotatable bonds is 4. The average molecular weight is 189 g/mol. The summed E-state index contributed by atoms with van der Waals surface area (Å²) in [5.74, 6) is 0. The van der Waals surface area contributed by atoms with Gasteiger partial charge in [0.15, 0.2) is 0 Å². The SMILES string of the molecule is CCN(CC)Nc1ccc(C#N)cc1. The second-order valence-electron chi connectivity index (χ2n) is 2.97. The third-order valence-corrected chi connectivity index (χ3v) is 2.06. The highest BCUT2D eigenvalue weighted by molar-refractivity contribution is 5.46. The quantitative estimate of drug-likeness (QED) is 0.738. The number of nitrogens with one attached hydrogen (secondary N) is 1. The molecule has 1 aromatic rings. The summed E-state index contributed by atoms with van der Waals surface area (Å²) in [4.78, 5) is 0. The molecule has 0 aromatic heterocycles. The molecule has 0 radical (unpaired) electrons. The molecule has 1 N–H and O–H groups in total. The molecule has 0 amide bonds. The van der Waals surface area contributed by atoms with Crippen LogP contribution in [0.2, 0.25) is 0 Å². The van der Waals surface area contributed by atoms with Gasteiger partial charge in [-0.3, -0.25) is 0 Å². The van der Waals surface area contributed by atoms with Gasteiger partial charge in [-0.05, 0) is 24.3 Å². The number of nitrogens with zero attached hydrogens (tertiary/aromatic N) is 2. The van der Waals surface area contributed by atoms with Crippen LogP contribution < -0.4 is 5.43 Å². The zero-order chi connectivity index (χ0) is 10.4. The Bertz CT molecular complexity index is 306. The smallest absolute Gasteiger partial charge is 0.0991 e. The van der Waals surface area contributed by atoms with Crippen LogP contribution in [0.4, 0.5) is 5.69 Å². The van der Waals surface area contributed by atoms with Gasteiger partial charge in [-0.2, -0.15) is 5.26 Å². The Morgan fingerprint density at radius 3 is 2.21 bits per heavy atom. The standard InChI is InChI=1S/C11H15N3/c1-3-14(4-2)13-11-7-5-10(9-12)6-8-11/h5-8,13H,3-4H2,1-2H3. The van der Waals surface area contributed by atoms with Crippen molar-refractivity contribution in [2.45, 2.75) is 13.8 Å². The summed E-state index contributed by atoms with van der Waals surface area (Å²) in [6.45, 7) is 6.10. The molecule has 0 saturated carbocycles. The molecule has 0 unspecified atom stereocenters. The fourth-order valence-electron chi connectivity index (χ4n) is 1.18. The van der Waals surface area contributed by atoms with E-state index >= 15 is 0 Å². The van der Waals surface area contributed by atoms with Crippen LogP contribution in [0, 0.1) is 11.3 Å². The van der Waals surface area contributed by atoms with E-state index in [4.69, 9.17) is 5.26 Å². The van der Waals surface area contributed by atoms with Gasteiger partial charge in [0.2, 0.25) is 0 Å². The molecular formula is C11H15N3. The number of hydrogen-bond acceptors (Lipinski definition) is 3. The summed E-state index contributed by atoms with van der Waals surface area (Å²) < 4.78 is 0. The highest BCUT2D eigenvalue weighted by Gasteiger charge is 1.98. The topological polar surface area (TPSA) is 39.1 Å². The Morgan fingerprint density at radius 2 is 1.79 bits per heavy atom. The predicted octanol–water partition coefficient (Wildman–Crippen LogP) is 2.23. The molecule has 0 heterocycles. The minimum Gasteiger partial charge on any atom is -0.319 e. The molecule has 3 heteroatoms. The first-order valence-electron chi connectivity index (χ1n) is 4.82. The Labute approximate surface area is 84.9 Å². The highest BCUT2D eigenvalue weighted by Crippen LogP contribution is 2.09. The van der Waals surface area contributed by atoms with Crippen molar-refractivity contribution in [3.05, 3.63) is 29.8 Å². The maximum Gasteiger partial charge on any atom is 0.0991 e. The molecule has 3 nitrogen and oxygen atoms in total. The van der Waals surface area contributed by atoms with Crippen molar-refractivity contribution in [2.75, 3.05) is 18.5 Å². The lowest BCUT2D eigenvalue weighted by atomic mass is 10.2. The fraction of sp³-hybridized carbons (Fsp3) is 0.364. The molecule has 14 heavy (non-hydrogen) atoms. The number of hydrazine groups is 1. The van der Waals surface area contributed by atoms with Crippen LogP contribution in [0.1, 0.15) is 19.4 Å². The average Bonchev–Trinajstić information content (AvgIpc) is 2.26. The number of benzene rings is 1. The Hall–Kier alpha value is -1.53. The lowest BCUT2D eigenvalue weighted by Crippen LogP contribution is -2.29. The summed E-state index contributed by atoms with van der Waals surface area (Å²) in [5, 5.41) is 10.7. The summed E-state index contributed by atoms with van der Waals surface area (Å²) in [6, 6.07) is 9.54. The number of anilines is 1. The van der Waals surface area contributed by atoms with Crippen LogP contribution in [0.3, 0.4) is 0 Å². The Kier molecular flexibility index (Phi) is 3.96. The molecular weight excluding hydrogens is 174 g/mol. The van der Waals surface area contributed by atoms with E-state index in [9.17, 15) is 0 Å². The molecule has 0 aliphatic heterocycles. The van der Waals surface area contributed by atoms with Crippen LogP contribution in [-0.2, 0) is 0 Å². The summed E-state index contributed by atoms with van der Waals surface area (Å²) in [7, 11) is 0. The predicted molar refractivity (Wildman–Crippen MR) is 57.7 cm³/mol. The van der Waals surface area contributed by atoms with Crippen molar-refractivity contribution in [2.24, 2.45) is 0 Å². The third-order valence-electron chi connectivity index (χ3n) is 2.06.